The number of rotatable bonds is 7. The first-order valence-corrected chi connectivity index (χ1v) is 9.85. The van der Waals surface area contributed by atoms with Crippen LogP contribution in [0.2, 0.25) is 0 Å². The molecule has 1 unspecified atom stereocenters. The van der Waals surface area contributed by atoms with E-state index in [1.807, 2.05) is 0 Å². The summed E-state index contributed by atoms with van der Waals surface area (Å²) in [5.41, 5.74) is 2.34. The van der Waals surface area contributed by atoms with Crippen LogP contribution in [0.5, 0.6) is 34.5 Å². The summed E-state index contributed by atoms with van der Waals surface area (Å²) in [7, 11) is 0. The second-order valence-corrected chi connectivity index (χ2v) is 7.52. The van der Waals surface area contributed by atoms with Crippen LogP contribution >= 0.6 is 0 Å². The highest BCUT2D eigenvalue weighted by molar-refractivity contribution is 5.48. The van der Waals surface area contributed by atoms with E-state index in [0.29, 0.717) is 6.42 Å². The van der Waals surface area contributed by atoms with Gasteiger partial charge >= 0.3 is 0 Å². The lowest BCUT2D eigenvalue weighted by atomic mass is 9.79. The molecule has 0 fully saturated rings. The van der Waals surface area contributed by atoms with E-state index in [9.17, 15) is 30.6 Å². The van der Waals surface area contributed by atoms with Crippen molar-refractivity contribution in [2.24, 2.45) is 0 Å². The van der Waals surface area contributed by atoms with Gasteiger partial charge < -0.3 is 30.6 Å². The molecule has 6 heteroatoms. The van der Waals surface area contributed by atoms with Crippen molar-refractivity contribution in [3.63, 3.8) is 0 Å². The van der Waals surface area contributed by atoms with Gasteiger partial charge in [-0.05, 0) is 71.8 Å². The summed E-state index contributed by atoms with van der Waals surface area (Å²) >= 11 is 0. The summed E-state index contributed by atoms with van der Waals surface area (Å²) in [5, 5.41) is 59.0. The molecule has 0 aliphatic heterocycles. The molecule has 1 atom stereocenters. The van der Waals surface area contributed by atoms with Crippen LogP contribution in [0.4, 0.5) is 0 Å². The van der Waals surface area contributed by atoms with Crippen LogP contribution in [-0.2, 0) is 0 Å². The maximum absolute atomic E-state index is 10.0. The zero-order valence-corrected chi connectivity index (χ0v) is 16.7. The second-order valence-electron chi connectivity index (χ2n) is 7.52. The van der Waals surface area contributed by atoms with Crippen LogP contribution in [0.3, 0.4) is 0 Å². The lowest BCUT2D eigenvalue weighted by Gasteiger charge is -2.25. The first-order valence-electron chi connectivity index (χ1n) is 9.85. The smallest absolute Gasteiger partial charge is 0.157 e. The van der Waals surface area contributed by atoms with Crippen LogP contribution in [0.25, 0.3) is 0 Å². The van der Waals surface area contributed by atoms with Crippen molar-refractivity contribution < 1.29 is 30.6 Å². The summed E-state index contributed by atoms with van der Waals surface area (Å²) < 4.78 is 0. The Labute approximate surface area is 175 Å². The Bertz CT molecular complexity index is 979. The van der Waals surface area contributed by atoms with Gasteiger partial charge in [-0.1, -0.05) is 31.5 Å². The molecule has 0 bridgehead atoms. The molecule has 0 aliphatic carbocycles. The minimum absolute atomic E-state index is 0.0124. The van der Waals surface area contributed by atoms with Gasteiger partial charge in [0.2, 0.25) is 0 Å². The van der Waals surface area contributed by atoms with Crippen molar-refractivity contribution in [3.05, 3.63) is 71.3 Å². The van der Waals surface area contributed by atoms with Crippen molar-refractivity contribution in [1.82, 2.24) is 0 Å². The van der Waals surface area contributed by atoms with E-state index < -0.39 is 0 Å². The Kier molecular flexibility index (Phi) is 6.26. The Balaban J connectivity index is 2.05. The van der Waals surface area contributed by atoms with Gasteiger partial charge in [0, 0.05) is 5.92 Å². The van der Waals surface area contributed by atoms with Crippen molar-refractivity contribution in [2.75, 3.05) is 0 Å². The monoisotopic (exact) mass is 410 g/mol. The van der Waals surface area contributed by atoms with Crippen molar-refractivity contribution in [1.29, 1.82) is 0 Å². The molecule has 0 saturated carbocycles. The molecule has 158 valence electrons. The van der Waals surface area contributed by atoms with Crippen molar-refractivity contribution in [2.45, 2.75) is 38.0 Å². The fraction of sp³-hybridized carbons (Fsp3) is 0.250. The van der Waals surface area contributed by atoms with E-state index in [4.69, 9.17) is 0 Å². The molecule has 0 spiro atoms. The Morgan fingerprint density at radius 2 is 0.967 bits per heavy atom. The van der Waals surface area contributed by atoms with Gasteiger partial charge in [0.15, 0.2) is 34.5 Å². The van der Waals surface area contributed by atoms with Gasteiger partial charge in [0.1, 0.15) is 0 Å². The van der Waals surface area contributed by atoms with Gasteiger partial charge in [0.25, 0.3) is 0 Å². The molecule has 30 heavy (non-hydrogen) atoms. The summed E-state index contributed by atoms with van der Waals surface area (Å²) in [6, 6.07) is 14.0. The van der Waals surface area contributed by atoms with Gasteiger partial charge in [-0.15, -0.1) is 0 Å². The Hall–Kier alpha value is -3.54. The SMILES string of the molecule is CCCC(CC(c1ccc(O)c(O)c1)c1ccc(O)c(O)c1)c1ccc(O)c(O)c1. The highest BCUT2D eigenvalue weighted by Crippen LogP contribution is 2.42. The predicted octanol–water partition coefficient (Wildman–Crippen LogP) is 5.03. The van der Waals surface area contributed by atoms with Gasteiger partial charge in [-0.25, -0.2) is 0 Å². The van der Waals surface area contributed by atoms with Crippen molar-refractivity contribution >= 4 is 0 Å². The molecule has 3 rings (SSSR count). The number of aromatic hydroxyl groups is 6. The van der Waals surface area contributed by atoms with E-state index >= 15 is 0 Å². The minimum atomic E-state index is -0.268. The average Bonchev–Trinajstić information content (AvgIpc) is 2.72. The Morgan fingerprint density at radius 1 is 0.567 bits per heavy atom. The minimum Gasteiger partial charge on any atom is -0.504 e. The molecular formula is C24H26O6. The maximum Gasteiger partial charge on any atom is 0.157 e. The summed E-state index contributed by atoms with van der Waals surface area (Å²) in [6.07, 6.45) is 2.28. The quantitative estimate of drug-likeness (QED) is 0.304. The highest BCUT2D eigenvalue weighted by atomic mass is 16.3. The molecule has 6 N–H and O–H groups in total. The van der Waals surface area contributed by atoms with Crippen LogP contribution in [0, 0.1) is 0 Å². The number of phenolic OH excluding ortho intramolecular Hbond substituents is 6. The molecule has 0 amide bonds. The average molecular weight is 410 g/mol. The Morgan fingerprint density at radius 3 is 1.37 bits per heavy atom. The first kappa shape index (κ1) is 21.2. The number of phenols is 6. The van der Waals surface area contributed by atoms with E-state index in [2.05, 4.69) is 6.92 Å². The zero-order valence-electron chi connectivity index (χ0n) is 16.7. The lowest BCUT2D eigenvalue weighted by Crippen LogP contribution is -2.09. The molecule has 6 nitrogen and oxygen atoms in total. The number of hydrogen-bond donors (Lipinski definition) is 6. The highest BCUT2D eigenvalue weighted by Gasteiger charge is 2.23. The first-order chi connectivity index (χ1) is 14.3. The zero-order chi connectivity index (χ0) is 21.8. The summed E-state index contributed by atoms with van der Waals surface area (Å²) in [6.45, 7) is 2.06. The third-order valence-electron chi connectivity index (χ3n) is 5.43. The van der Waals surface area contributed by atoms with Crippen molar-refractivity contribution in [3.8, 4) is 34.5 Å². The topological polar surface area (TPSA) is 121 Å². The summed E-state index contributed by atoms with van der Waals surface area (Å²) in [5.74, 6) is -1.55. The van der Waals surface area contributed by atoms with E-state index in [-0.39, 0.29) is 46.3 Å². The molecule has 0 radical (unpaired) electrons. The number of benzene rings is 3. The van der Waals surface area contributed by atoms with Gasteiger partial charge in [-0.2, -0.15) is 0 Å². The third kappa shape index (κ3) is 4.54. The predicted molar refractivity (Wildman–Crippen MR) is 113 cm³/mol. The molecule has 3 aromatic carbocycles. The molecule has 0 aliphatic rings. The fourth-order valence-corrected chi connectivity index (χ4v) is 3.83. The van der Waals surface area contributed by atoms with E-state index in [1.54, 1.807) is 24.3 Å². The maximum atomic E-state index is 10.0. The lowest BCUT2D eigenvalue weighted by molar-refractivity contribution is 0.400. The third-order valence-corrected chi connectivity index (χ3v) is 5.43. The largest absolute Gasteiger partial charge is 0.504 e. The van der Waals surface area contributed by atoms with Crippen LogP contribution in [0.1, 0.15) is 54.7 Å². The molecule has 3 aromatic rings. The fourth-order valence-electron chi connectivity index (χ4n) is 3.83. The standard InChI is InChI=1S/C24H26O6/c1-2-3-14(15-4-7-19(25)22(28)11-15)10-18(16-5-8-20(26)23(29)12-16)17-6-9-21(27)24(30)13-17/h4-9,11-14,18,25-30H,2-3,10H2,1H3. The molecule has 0 heterocycles. The molecule has 0 saturated heterocycles. The second kappa shape index (κ2) is 8.86. The summed E-state index contributed by atoms with van der Waals surface area (Å²) in [4.78, 5) is 0. The van der Waals surface area contributed by atoms with Gasteiger partial charge in [-0.3, -0.25) is 0 Å². The van der Waals surface area contributed by atoms with Gasteiger partial charge in [0.05, 0.1) is 0 Å². The number of hydrogen-bond acceptors (Lipinski definition) is 6. The van der Waals surface area contributed by atoms with E-state index in [1.165, 1.54) is 30.3 Å². The van der Waals surface area contributed by atoms with E-state index in [0.717, 1.165) is 29.5 Å². The normalized spacial score (nSPS) is 12.2. The molecule has 0 aromatic heterocycles. The molecular weight excluding hydrogens is 384 g/mol. The van der Waals surface area contributed by atoms with Crippen LogP contribution in [-0.4, -0.2) is 30.6 Å². The van der Waals surface area contributed by atoms with Crippen LogP contribution < -0.4 is 0 Å². The van der Waals surface area contributed by atoms with Crippen LogP contribution in [0.15, 0.2) is 54.6 Å².